The lowest BCUT2D eigenvalue weighted by Gasteiger charge is -2.10. The van der Waals surface area contributed by atoms with Crippen LogP contribution in [0.2, 0.25) is 0 Å². The van der Waals surface area contributed by atoms with Gasteiger partial charge in [0.05, 0.1) is 18.8 Å². The zero-order valence-corrected chi connectivity index (χ0v) is 15.4. The van der Waals surface area contributed by atoms with Crippen LogP contribution in [0.4, 0.5) is 0 Å². The van der Waals surface area contributed by atoms with Crippen molar-refractivity contribution < 1.29 is 0 Å². The third-order valence-corrected chi connectivity index (χ3v) is 5.40. The van der Waals surface area contributed by atoms with Crippen LogP contribution >= 0.6 is 22.7 Å². The summed E-state index contributed by atoms with van der Waals surface area (Å²) in [6, 6.07) is 14.5. The Morgan fingerprint density at radius 3 is 2.58 bits per heavy atom. The third-order valence-electron chi connectivity index (χ3n) is 3.46. The number of guanidine groups is 1. The van der Waals surface area contributed by atoms with Crippen molar-refractivity contribution in [2.24, 2.45) is 4.99 Å². The molecule has 0 amide bonds. The molecule has 0 atom stereocenters. The van der Waals surface area contributed by atoms with Crippen LogP contribution in [-0.2, 0) is 13.1 Å². The molecule has 4 nitrogen and oxygen atoms in total. The molecule has 1 aromatic carbocycles. The minimum absolute atomic E-state index is 0.659. The van der Waals surface area contributed by atoms with E-state index in [4.69, 9.17) is 0 Å². The molecule has 0 unspecified atom stereocenters. The molecule has 0 aliphatic rings. The molecule has 6 heteroatoms. The first kappa shape index (κ1) is 16.7. The second-order valence-electron chi connectivity index (χ2n) is 5.30. The van der Waals surface area contributed by atoms with Gasteiger partial charge < -0.3 is 10.6 Å². The quantitative estimate of drug-likeness (QED) is 0.536. The number of rotatable bonds is 5. The Kier molecular flexibility index (Phi) is 5.61. The molecule has 0 bridgehead atoms. The number of aryl methyl sites for hydroxylation is 1. The first-order valence-electron chi connectivity index (χ1n) is 7.74. The zero-order chi connectivity index (χ0) is 16.8. The van der Waals surface area contributed by atoms with E-state index >= 15 is 0 Å². The van der Waals surface area contributed by atoms with Gasteiger partial charge >= 0.3 is 0 Å². The van der Waals surface area contributed by atoms with Crippen LogP contribution in [-0.4, -0.2) is 18.0 Å². The Bertz CT molecular complexity index is 805. The Morgan fingerprint density at radius 1 is 1.08 bits per heavy atom. The van der Waals surface area contributed by atoms with Crippen LogP contribution in [0.25, 0.3) is 10.6 Å². The van der Waals surface area contributed by atoms with Crippen molar-refractivity contribution in [1.29, 1.82) is 0 Å². The number of thiazole rings is 1. The van der Waals surface area contributed by atoms with Crippen LogP contribution in [0, 0.1) is 6.92 Å². The molecule has 0 saturated carbocycles. The molecule has 124 valence electrons. The normalized spacial score (nSPS) is 11.5. The van der Waals surface area contributed by atoms with Gasteiger partial charge in [-0.2, -0.15) is 0 Å². The van der Waals surface area contributed by atoms with Crippen molar-refractivity contribution >= 4 is 28.6 Å². The highest BCUT2D eigenvalue weighted by atomic mass is 32.1. The molecule has 2 N–H and O–H groups in total. The third kappa shape index (κ3) is 4.43. The molecule has 0 saturated heterocycles. The number of nitrogens with one attached hydrogen (secondary N) is 2. The van der Waals surface area contributed by atoms with Gasteiger partial charge in [-0.15, -0.1) is 22.7 Å². The van der Waals surface area contributed by atoms with Gasteiger partial charge in [-0.3, -0.25) is 4.99 Å². The van der Waals surface area contributed by atoms with E-state index in [9.17, 15) is 0 Å². The molecule has 3 aromatic rings. The average Bonchev–Trinajstić information content (AvgIpc) is 3.25. The van der Waals surface area contributed by atoms with E-state index in [1.807, 2.05) is 18.2 Å². The molecule has 0 aliphatic heterocycles. The van der Waals surface area contributed by atoms with E-state index in [2.05, 4.69) is 57.2 Å². The number of thiophene rings is 1. The fraction of sp³-hybridized carbons (Fsp3) is 0.222. The van der Waals surface area contributed by atoms with Gasteiger partial charge in [0, 0.05) is 27.7 Å². The van der Waals surface area contributed by atoms with Gasteiger partial charge in [-0.05, 0) is 19.1 Å². The summed E-state index contributed by atoms with van der Waals surface area (Å²) in [5.74, 6) is 0.787. The number of hydrogen-bond donors (Lipinski definition) is 2. The van der Waals surface area contributed by atoms with E-state index < -0.39 is 0 Å². The van der Waals surface area contributed by atoms with E-state index in [1.54, 1.807) is 29.7 Å². The van der Waals surface area contributed by atoms with Gasteiger partial charge in [0.1, 0.15) is 5.01 Å². The average molecular weight is 357 g/mol. The molecule has 0 aliphatic carbocycles. The Labute approximate surface area is 150 Å². The summed E-state index contributed by atoms with van der Waals surface area (Å²) in [7, 11) is 1.78. The van der Waals surface area contributed by atoms with Gasteiger partial charge in [-0.25, -0.2) is 4.98 Å². The molecule has 24 heavy (non-hydrogen) atoms. The summed E-state index contributed by atoms with van der Waals surface area (Å²) >= 11 is 3.46. The lowest BCUT2D eigenvalue weighted by Crippen LogP contribution is -2.36. The fourth-order valence-corrected chi connectivity index (χ4v) is 3.90. The van der Waals surface area contributed by atoms with Crippen molar-refractivity contribution in [3.05, 3.63) is 63.3 Å². The molecule has 0 fully saturated rings. The number of aliphatic imine (C=N–C) groups is 1. The molecule has 3 rings (SSSR count). The number of hydrogen-bond acceptors (Lipinski definition) is 4. The van der Waals surface area contributed by atoms with Gasteiger partial charge in [0.25, 0.3) is 0 Å². The molecule has 2 heterocycles. The van der Waals surface area contributed by atoms with Crippen molar-refractivity contribution in [2.75, 3.05) is 7.05 Å². The maximum absolute atomic E-state index is 4.68. The predicted octanol–water partition coefficient (Wildman–Crippen LogP) is 4.05. The second-order valence-corrected chi connectivity index (χ2v) is 7.53. The topological polar surface area (TPSA) is 49.3 Å². The standard InChI is InChI=1S/C18H20N4S2/c1-13-8-9-16(24-13)11-21-18(19-2)20-10-15-12-23-17(22-15)14-6-4-3-5-7-14/h3-9,12H,10-11H2,1-2H3,(H2,19,20,21). The summed E-state index contributed by atoms with van der Waals surface area (Å²) in [6.07, 6.45) is 0. The van der Waals surface area contributed by atoms with Crippen LogP contribution < -0.4 is 10.6 Å². The van der Waals surface area contributed by atoms with Crippen LogP contribution in [0.5, 0.6) is 0 Å². The zero-order valence-electron chi connectivity index (χ0n) is 13.7. The summed E-state index contributed by atoms with van der Waals surface area (Å²) in [4.78, 5) is 11.6. The van der Waals surface area contributed by atoms with Crippen molar-refractivity contribution in [1.82, 2.24) is 15.6 Å². The second kappa shape index (κ2) is 8.08. The maximum Gasteiger partial charge on any atom is 0.191 e. The lowest BCUT2D eigenvalue weighted by molar-refractivity contribution is 0.804. The number of nitrogens with zero attached hydrogens (tertiary/aromatic N) is 2. The summed E-state index contributed by atoms with van der Waals surface area (Å²) in [5, 5.41) is 9.78. The molecular formula is C18H20N4S2. The smallest absolute Gasteiger partial charge is 0.191 e. The van der Waals surface area contributed by atoms with Crippen molar-refractivity contribution in [3.8, 4) is 10.6 Å². The molecule has 0 spiro atoms. The monoisotopic (exact) mass is 356 g/mol. The first-order chi connectivity index (χ1) is 11.7. The Balaban J connectivity index is 1.53. The molecule has 2 aromatic heterocycles. The summed E-state index contributed by atoms with van der Waals surface area (Å²) < 4.78 is 0. The Morgan fingerprint density at radius 2 is 1.88 bits per heavy atom. The summed E-state index contributed by atoms with van der Waals surface area (Å²) in [5.41, 5.74) is 2.18. The minimum Gasteiger partial charge on any atom is -0.352 e. The van der Waals surface area contributed by atoms with E-state index in [1.165, 1.54) is 9.75 Å². The minimum atomic E-state index is 0.659. The van der Waals surface area contributed by atoms with Crippen LogP contribution in [0.15, 0.2) is 52.8 Å². The largest absolute Gasteiger partial charge is 0.352 e. The highest BCUT2D eigenvalue weighted by molar-refractivity contribution is 7.13. The van der Waals surface area contributed by atoms with E-state index in [0.717, 1.165) is 28.8 Å². The predicted molar refractivity (Wildman–Crippen MR) is 104 cm³/mol. The van der Waals surface area contributed by atoms with Crippen LogP contribution in [0.1, 0.15) is 15.4 Å². The first-order valence-corrected chi connectivity index (χ1v) is 9.44. The molecular weight excluding hydrogens is 336 g/mol. The van der Waals surface area contributed by atoms with E-state index in [0.29, 0.717) is 6.54 Å². The van der Waals surface area contributed by atoms with Gasteiger partial charge in [0.2, 0.25) is 0 Å². The van der Waals surface area contributed by atoms with Crippen molar-refractivity contribution in [3.63, 3.8) is 0 Å². The maximum atomic E-state index is 4.68. The van der Waals surface area contributed by atoms with Gasteiger partial charge in [-0.1, -0.05) is 30.3 Å². The Hall–Kier alpha value is -2.18. The van der Waals surface area contributed by atoms with Gasteiger partial charge in [0.15, 0.2) is 5.96 Å². The SMILES string of the molecule is CN=C(NCc1csc(-c2ccccc2)n1)NCc1ccc(C)s1. The fourth-order valence-electron chi connectivity index (χ4n) is 2.25. The highest BCUT2D eigenvalue weighted by Crippen LogP contribution is 2.23. The number of aromatic nitrogens is 1. The summed E-state index contributed by atoms with van der Waals surface area (Å²) in [6.45, 7) is 3.56. The highest BCUT2D eigenvalue weighted by Gasteiger charge is 2.05. The van der Waals surface area contributed by atoms with Crippen LogP contribution in [0.3, 0.4) is 0 Å². The molecule has 0 radical (unpaired) electrons. The van der Waals surface area contributed by atoms with E-state index in [-0.39, 0.29) is 0 Å². The van der Waals surface area contributed by atoms with Crippen molar-refractivity contribution in [2.45, 2.75) is 20.0 Å². The lowest BCUT2D eigenvalue weighted by atomic mass is 10.2. The number of benzene rings is 1.